The summed E-state index contributed by atoms with van der Waals surface area (Å²) in [6.07, 6.45) is 1.37. The number of rotatable bonds is 7. The Morgan fingerprint density at radius 3 is 2.43 bits per heavy atom. The van der Waals surface area contributed by atoms with Gasteiger partial charge in [-0.1, -0.05) is 65.7 Å². The summed E-state index contributed by atoms with van der Waals surface area (Å²) in [6.45, 7) is 5.56. The van der Waals surface area contributed by atoms with E-state index in [2.05, 4.69) is 26.6 Å². The number of nitrogens with two attached hydrogens (primary N) is 1. The van der Waals surface area contributed by atoms with Gasteiger partial charge in [-0.05, 0) is 55.5 Å². The second-order valence-corrected chi connectivity index (χ2v) is 9.63. The highest BCUT2D eigenvalue weighted by Gasteiger charge is 2.34. The zero-order valence-corrected chi connectivity index (χ0v) is 21.3. The van der Waals surface area contributed by atoms with E-state index in [1.807, 2.05) is 19.1 Å². The molecule has 0 saturated heterocycles. The zero-order valence-electron chi connectivity index (χ0n) is 19.7. The van der Waals surface area contributed by atoms with Gasteiger partial charge in [-0.25, -0.2) is 4.79 Å². The molecule has 0 unspecified atom stereocenters. The molecule has 0 heterocycles. The highest BCUT2D eigenvalue weighted by Crippen LogP contribution is 2.42. The van der Waals surface area contributed by atoms with E-state index in [0.717, 1.165) is 5.56 Å². The summed E-state index contributed by atoms with van der Waals surface area (Å²) in [6, 6.07) is 19.1. The number of benzene rings is 3. The Hall–Kier alpha value is -3.78. The summed E-state index contributed by atoms with van der Waals surface area (Å²) in [5.74, 6) is -0.429. The minimum atomic E-state index is -0.920. The van der Waals surface area contributed by atoms with Crippen LogP contribution >= 0.6 is 15.9 Å². The minimum Gasteiger partial charge on any atom is -0.508 e. The fourth-order valence-electron chi connectivity index (χ4n) is 3.41. The van der Waals surface area contributed by atoms with E-state index in [9.17, 15) is 14.7 Å². The SMILES string of the molecule is Cc1ccc(NC(=O)O[C@@H](c2cc(Br)ccc2O)C(C)(C)/C=C/C(=O)Nc2ccccc2N)cc1. The van der Waals surface area contributed by atoms with Gasteiger partial charge in [0.25, 0.3) is 0 Å². The molecule has 0 bridgehead atoms. The van der Waals surface area contributed by atoms with Crippen LogP contribution in [0.3, 0.4) is 0 Å². The van der Waals surface area contributed by atoms with Gasteiger partial charge in [0.15, 0.2) is 0 Å². The summed E-state index contributed by atoms with van der Waals surface area (Å²) in [5.41, 5.74) is 7.97. The van der Waals surface area contributed by atoms with Crippen molar-refractivity contribution in [3.63, 3.8) is 0 Å². The van der Waals surface area contributed by atoms with Crippen molar-refractivity contribution >= 4 is 45.0 Å². The molecule has 0 spiro atoms. The molecule has 0 radical (unpaired) electrons. The molecule has 2 amide bonds. The van der Waals surface area contributed by atoms with Gasteiger partial charge in [-0.2, -0.15) is 0 Å². The monoisotopic (exact) mass is 537 g/mol. The van der Waals surface area contributed by atoms with E-state index in [-0.39, 0.29) is 5.75 Å². The highest BCUT2D eigenvalue weighted by atomic mass is 79.9. The second-order valence-electron chi connectivity index (χ2n) is 8.71. The molecule has 5 N–H and O–H groups in total. The lowest BCUT2D eigenvalue weighted by Crippen LogP contribution is -2.28. The van der Waals surface area contributed by atoms with Crippen LogP contribution in [0.4, 0.5) is 21.9 Å². The van der Waals surface area contributed by atoms with Crippen LogP contribution in [0.2, 0.25) is 0 Å². The van der Waals surface area contributed by atoms with Crippen molar-refractivity contribution in [3.05, 3.63) is 94.5 Å². The van der Waals surface area contributed by atoms with E-state index >= 15 is 0 Å². The maximum absolute atomic E-state index is 12.8. The summed E-state index contributed by atoms with van der Waals surface area (Å²) in [7, 11) is 0. The average molecular weight is 538 g/mol. The van der Waals surface area contributed by atoms with Crippen molar-refractivity contribution in [3.8, 4) is 5.75 Å². The topological polar surface area (TPSA) is 114 Å². The molecule has 0 aliphatic heterocycles. The number of phenols is 1. The standard InChI is InChI=1S/C27H28BrN3O4/c1-17-8-11-19(12-9-17)30-26(34)35-25(20-16-18(28)10-13-23(20)32)27(2,3)15-14-24(33)31-22-7-5-4-6-21(22)29/h4-16,25,32H,29H2,1-3H3,(H,30,34)(H,31,33)/b15-14+/t25-/m0/s1. The van der Waals surface area contributed by atoms with Crippen molar-refractivity contribution in [2.24, 2.45) is 5.41 Å². The number of carbonyl (C=O) groups excluding carboxylic acids is 2. The van der Waals surface area contributed by atoms with Gasteiger partial charge in [0.1, 0.15) is 11.9 Å². The van der Waals surface area contributed by atoms with E-state index < -0.39 is 23.5 Å². The molecular formula is C27H28BrN3O4. The number of halogens is 1. The number of aryl methyl sites for hydroxylation is 1. The molecule has 1 atom stereocenters. The van der Waals surface area contributed by atoms with Crippen molar-refractivity contribution in [1.82, 2.24) is 0 Å². The van der Waals surface area contributed by atoms with E-state index in [1.54, 1.807) is 68.5 Å². The molecule has 0 aliphatic rings. The smallest absolute Gasteiger partial charge is 0.412 e. The quantitative estimate of drug-likeness (QED) is 0.201. The number of amides is 2. The van der Waals surface area contributed by atoms with Crippen molar-refractivity contribution in [2.75, 3.05) is 16.4 Å². The van der Waals surface area contributed by atoms with Gasteiger partial charge in [-0.15, -0.1) is 0 Å². The van der Waals surface area contributed by atoms with Crippen LogP contribution in [-0.2, 0) is 9.53 Å². The zero-order chi connectivity index (χ0) is 25.6. The number of para-hydroxylation sites is 2. The van der Waals surface area contributed by atoms with Crippen LogP contribution in [0.25, 0.3) is 0 Å². The fraction of sp³-hybridized carbons (Fsp3) is 0.185. The number of anilines is 3. The number of carbonyl (C=O) groups is 2. The lowest BCUT2D eigenvalue weighted by molar-refractivity contribution is -0.112. The maximum atomic E-state index is 12.8. The molecular weight excluding hydrogens is 510 g/mol. The predicted octanol–water partition coefficient (Wildman–Crippen LogP) is 6.56. The van der Waals surface area contributed by atoms with Crippen LogP contribution in [0.1, 0.15) is 31.1 Å². The first-order valence-corrected chi connectivity index (χ1v) is 11.7. The largest absolute Gasteiger partial charge is 0.508 e. The normalized spacial score (nSPS) is 12.2. The van der Waals surface area contributed by atoms with Crippen LogP contribution in [0.15, 0.2) is 83.4 Å². The first kappa shape index (κ1) is 25.8. The Balaban J connectivity index is 1.85. The maximum Gasteiger partial charge on any atom is 0.412 e. The summed E-state index contributed by atoms with van der Waals surface area (Å²) >= 11 is 3.40. The van der Waals surface area contributed by atoms with Gasteiger partial charge in [0.05, 0.1) is 11.4 Å². The molecule has 3 aromatic rings. The number of hydrogen-bond donors (Lipinski definition) is 4. The fourth-order valence-corrected chi connectivity index (χ4v) is 3.78. The summed E-state index contributed by atoms with van der Waals surface area (Å²) in [5, 5.41) is 16.0. The van der Waals surface area contributed by atoms with Gasteiger partial charge in [0.2, 0.25) is 5.91 Å². The number of nitrogens with one attached hydrogen (secondary N) is 2. The molecule has 0 fully saturated rings. The van der Waals surface area contributed by atoms with E-state index in [1.165, 1.54) is 12.1 Å². The van der Waals surface area contributed by atoms with Crippen molar-refractivity contribution in [2.45, 2.75) is 26.9 Å². The molecule has 7 nitrogen and oxygen atoms in total. The Morgan fingerprint density at radius 1 is 1.06 bits per heavy atom. The Labute approximate surface area is 213 Å². The molecule has 8 heteroatoms. The molecule has 182 valence electrons. The molecule has 0 aliphatic carbocycles. The average Bonchev–Trinajstić information content (AvgIpc) is 2.81. The van der Waals surface area contributed by atoms with Crippen LogP contribution in [0, 0.1) is 12.3 Å². The second kappa shape index (κ2) is 11.1. The highest BCUT2D eigenvalue weighted by molar-refractivity contribution is 9.10. The minimum absolute atomic E-state index is 0.0377. The molecule has 0 aromatic heterocycles. The van der Waals surface area contributed by atoms with Crippen LogP contribution in [-0.4, -0.2) is 17.1 Å². The van der Waals surface area contributed by atoms with Crippen molar-refractivity contribution < 1.29 is 19.4 Å². The Morgan fingerprint density at radius 2 is 1.74 bits per heavy atom. The summed E-state index contributed by atoms with van der Waals surface area (Å²) in [4.78, 5) is 25.3. The lowest BCUT2D eigenvalue weighted by Gasteiger charge is -2.32. The Kier molecular flexibility index (Phi) is 8.19. The van der Waals surface area contributed by atoms with Gasteiger partial charge in [0, 0.05) is 21.1 Å². The van der Waals surface area contributed by atoms with Gasteiger partial charge < -0.3 is 20.9 Å². The van der Waals surface area contributed by atoms with Gasteiger partial charge >= 0.3 is 6.09 Å². The third-order valence-electron chi connectivity index (χ3n) is 5.35. The van der Waals surface area contributed by atoms with Gasteiger partial charge in [-0.3, -0.25) is 10.1 Å². The number of nitrogen functional groups attached to an aromatic ring is 1. The third-order valence-corrected chi connectivity index (χ3v) is 5.85. The van der Waals surface area contributed by atoms with E-state index in [0.29, 0.717) is 27.1 Å². The molecule has 3 aromatic carbocycles. The van der Waals surface area contributed by atoms with E-state index in [4.69, 9.17) is 10.5 Å². The predicted molar refractivity (Wildman–Crippen MR) is 142 cm³/mol. The van der Waals surface area contributed by atoms with Crippen molar-refractivity contribution in [1.29, 1.82) is 0 Å². The first-order chi connectivity index (χ1) is 16.5. The first-order valence-electron chi connectivity index (χ1n) is 10.9. The Bertz CT molecular complexity index is 1240. The number of hydrogen-bond acceptors (Lipinski definition) is 5. The molecule has 35 heavy (non-hydrogen) atoms. The number of phenolic OH excluding ortho intramolecular Hbond substituents is 1. The lowest BCUT2D eigenvalue weighted by atomic mass is 9.81. The summed E-state index contributed by atoms with van der Waals surface area (Å²) < 4.78 is 6.51. The number of aromatic hydroxyl groups is 1. The molecule has 3 rings (SSSR count). The molecule has 0 saturated carbocycles. The van der Waals surface area contributed by atoms with Crippen LogP contribution < -0.4 is 16.4 Å². The third kappa shape index (κ3) is 7.10. The van der Waals surface area contributed by atoms with Crippen LogP contribution in [0.5, 0.6) is 5.75 Å². The number of ether oxygens (including phenoxy) is 1.